The highest BCUT2D eigenvalue weighted by molar-refractivity contribution is 5.85. The van der Waals surface area contributed by atoms with Gasteiger partial charge in [-0.05, 0) is 23.3 Å². The fraction of sp³-hybridized carbons (Fsp3) is 0.350. The van der Waals surface area contributed by atoms with Crippen LogP contribution in [0.3, 0.4) is 0 Å². The van der Waals surface area contributed by atoms with Crippen LogP contribution in [-0.2, 0) is 11.3 Å². The number of amides is 1. The van der Waals surface area contributed by atoms with E-state index in [1.165, 1.54) is 0 Å². The Morgan fingerprint density at radius 3 is 2.54 bits per heavy atom. The van der Waals surface area contributed by atoms with Gasteiger partial charge >= 0.3 is 0 Å². The molecule has 3 N–H and O–H groups in total. The predicted octanol–water partition coefficient (Wildman–Crippen LogP) is 3.22. The maximum Gasteiger partial charge on any atom is 0.225 e. The smallest absolute Gasteiger partial charge is 0.225 e. The van der Waals surface area contributed by atoms with Crippen molar-refractivity contribution in [2.45, 2.75) is 25.9 Å². The van der Waals surface area contributed by atoms with Gasteiger partial charge in [0.25, 0.3) is 0 Å². The molecular formula is C20H25ClN2O3. The summed E-state index contributed by atoms with van der Waals surface area (Å²) in [5.41, 5.74) is 8.15. The topological polar surface area (TPSA) is 73.6 Å². The Morgan fingerprint density at radius 2 is 1.81 bits per heavy atom. The van der Waals surface area contributed by atoms with Crippen LogP contribution >= 0.6 is 12.4 Å². The molecule has 0 fully saturated rings. The molecule has 1 amide bonds. The number of carbonyl (C=O) groups is 1. The van der Waals surface area contributed by atoms with Gasteiger partial charge < -0.3 is 20.5 Å². The van der Waals surface area contributed by atoms with Gasteiger partial charge in [-0.15, -0.1) is 12.4 Å². The van der Waals surface area contributed by atoms with E-state index in [0.29, 0.717) is 19.8 Å². The van der Waals surface area contributed by atoms with E-state index in [0.717, 1.165) is 29.0 Å². The molecule has 0 aliphatic carbocycles. The second kappa shape index (κ2) is 9.46. The molecule has 0 spiro atoms. The van der Waals surface area contributed by atoms with Crippen LogP contribution in [0.15, 0.2) is 48.5 Å². The molecule has 0 bridgehead atoms. The van der Waals surface area contributed by atoms with E-state index in [4.69, 9.17) is 15.2 Å². The van der Waals surface area contributed by atoms with Gasteiger partial charge in [-0.2, -0.15) is 0 Å². The highest BCUT2D eigenvalue weighted by Crippen LogP contribution is 2.30. The van der Waals surface area contributed by atoms with E-state index >= 15 is 0 Å². The monoisotopic (exact) mass is 376 g/mol. The highest BCUT2D eigenvalue weighted by atomic mass is 35.5. The average Bonchev–Trinajstić information content (AvgIpc) is 2.90. The molecule has 2 unspecified atom stereocenters. The minimum atomic E-state index is -0.329. The molecular weight excluding hydrogens is 352 g/mol. The van der Waals surface area contributed by atoms with Gasteiger partial charge in [0.1, 0.15) is 0 Å². The largest absolute Gasteiger partial charge is 0.490 e. The van der Waals surface area contributed by atoms with Crippen molar-refractivity contribution in [2.75, 3.05) is 13.2 Å². The normalized spacial score (nSPS) is 15.2. The van der Waals surface area contributed by atoms with Gasteiger partial charge in [0.05, 0.1) is 19.1 Å². The number of halogens is 1. The SMILES string of the molecule is CC(C(=O)NCc1ccc2c(c1)OCCCO2)C(N)c1ccccc1.Cl. The van der Waals surface area contributed by atoms with Crippen molar-refractivity contribution in [3.8, 4) is 11.5 Å². The average molecular weight is 377 g/mol. The van der Waals surface area contributed by atoms with Crippen molar-refractivity contribution in [2.24, 2.45) is 11.7 Å². The van der Waals surface area contributed by atoms with Gasteiger partial charge in [0, 0.05) is 19.0 Å². The maximum atomic E-state index is 12.4. The zero-order chi connectivity index (χ0) is 17.6. The first kappa shape index (κ1) is 20.1. The van der Waals surface area contributed by atoms with Crippen LogP contribution in [0.25, 0.3) is 0 Å². The third kappa shape index (κ3) is 4.90. The Balaban J connectivity index is 0.00000243. The standard InChI is InChI=1S/C20H24N2O3.ClH/c1-14(19(21)16-6-3-2-4-7-16)20(23)22-13-15-8-9-17-18(12-15)25-11-5-10-24-17;/h2-4,6-9,12,14,19H,5,10-11,13,21H2,1H3,(H,22,23);1H. The van der Waals surface area contributed by atoms with Gasteiger partial charge in [-0.1, -0.05) is 43.3 Å². The van der Waals surface area contributed by atoms with Gasteiger partial charge in [0.2, 0.25) is 5.91 Å². The van der Waals surface area contributed by atoms with Crippen molar-refractivity contribution in [3.05, 3.63) is 59.7 Å². The number of carbonyl (C=O) groups excluding carboxylic acids is 1. The van der Waals surface area contributed by atoms with Gasteiger partial charge in [-0.3, -0.25) is 4.79 Å². The number of hydrogen-bond acceptors (Lipinski definition) is 4. The Morgan fingerprint density at radius 1 is 1.12 bits per heavy atom. The summed E-state index contributed by atoms with van der Waals surface area (Å²) in [4.78, 5) is 12.4. The summed E-state index contributed by atoms with van der Waals surface area (Å²) in [6.45, 7) is 3.59. The molecule has 0 radical (unpaired) electrons. The fourth-order valence-electron chi connectivity index (χ4n) is 2.79. The van der Waals surface area contributed by atoms with E-state index in [2.05, 4.69) is 5.32 Å². The summed E-state index contributed by atoms with van der Waals surface area (Å²) < 4.78 is 11.3. The first-order valence-electron chi connectivity index (χ1n) is 8.62. The summed E-state index contributed by atoms with van der Waals surface area (Å²) >= 11 is 0. The van der Waals surface area contributed by atoms with Crippen molar-refractivity contribution >= 4 is 18.3 Å². The molecule has 2 aromatic carbocycles. The van der Waals surface area contributed by atoms with Crippen LogP contribution in [-0.4, -0.2) is 19.1 Å². The quantitative estimate of drug-likeness (QED) is 0.840. The van der Waals surface area contributed by atoms with Crippen LogP contribution in [0.5, 0.6) is 11.5 Å². The molecule has 2 atom stereocenters. The predicted molar refractivity (Wildman–Crippen MR) is 104 cm³/mol. The van der Waals surface area contributed by atoms with Crippen LogP contribution in [0, 0.1) is 5.92 Å². The molecule has 0 saturated heterocycles. The molecule has 140 valence electrons. The van der Waals surface area contributed by atoms with Crippen LogP contribution in [0.4, 0.5) is 0 Å². The number of hydrogen-bond donors (Lipinski definition) is 2. The van der Waals surface area contributed by atoms with Crippen LogP contribution in [0.1, 0.15) is 30.5 Å². The van der Waals surface area contributed by atoms with Crippen LogP contribution in [0.2, 0.25) is 0 Å². The zero-order valence-corrected chi connectivity index (χ0v) is 15.6. The second-order valence-electron chi connectivity index (χ2n) is 6.27. The number of rotatable bonds is 5. The highest BCUT2D eigenvalue weighted by Gasteiger charge is 2.22. The zero-order valence-electron chi connectivity index (χ0n) is 14.8. The molecule has 0 aromatic heterocycles. The van der Waals surface area contributed by atoms with Crippen molar-refractivity contribution < 1.29 is 14.3 Å². The summed E-state index contributed by atoms with van der Waals surface area (Å²) in [5, 5.41) is 2.96. The molecule has 3 rings (SSSR count). The number of benzene rings is 2. The van der Waals surface area contributed by atoms with E-state index in [-0.39, 0.29) is 30.3 Å². The molecule has 1 aliphatic rings. The molecule has 2 aromatic rings. The second-order valence-corrected chi connectivity index (χ2v) is 6.27. The van der Waals surface area contributed by atoms with Crippen molar-refractivity contribution in [1.82, 2.24) is 5.32 Å². The third-order valence-electron chi connectivity index (χ3n) is 4.42. The minimum Gasteiger partial charge on any atom is -0.490 e. The Hall–Kier alpha value is -2.24. The number of nitrogens with one attached hydrogen (secondary N) is 1. The van der Waals surface area contributed by atoms with E-state index in [9.17, 15) is 4.79 Å². The van der Waals surface area contributed by atoms with E-state index < -0.39 is 0 Å². The Labute approximate surface area is 160 Å². The first-order chi connectivity index (χ1) is 12.1. The Kier molecular flexibility index (Phi) is 7.30. The van der Waals surface area contributed by atoms with Crippen LogP contribution < -0.4 is 20.5 Å². The molecule has 0 saturated carbocycles. The number of ether oxygens (including phenoxy) is 2. The third-order valence-corrected chi connectivity index (χ3v) is 4.42. The molecule has 1 heterocycles. The molecule has 6 heteroatoms. The first-order valence-corrected chi connectivity index (χ1v) is 8.62. The van der Waals surface area contributed by atoms with Gasteiger partial charge in [0.15, 0.2) is 11.5 Å². The lowest BCUT2D eigenvalue weighted by Crippen LogP contribution is -2.35. The molecule has 26 heavy (non-hydrogen) atoms. The molecule has 5 nitrogen and oxygen atoms in total. The van der Waals surface area contributed by atoms with Crippen molar-refractivity contribution in [3.63, 3.8) is 0 Å². The van der Waals surface area contributed by atoms with Gasteiger partial charge in [-0.25, -0.2) is 0 Å². The maximum absolute atomic E-state index is 12.4. The molecule has 1 aliphatic heterocycles. The summed E-state index contributed by atoms with van der Waals surface area (Å²) in [6, 6.07) is 15.1. The van der Waals surface area contributed by atoms with E-state index in [1.807, 2.05) is 55.5 Å². The fourth-order valence-corrected chi connectivity index (χ4v) is 2.79. The lowest BCUT2D eigenvalue weighted by Gasteiger charge is -2.20. The number of nitrogens with two attached hydrogens (primary N) is 1. The Bertz CT molecular complexity index is 724. The van der Waals surface area contributed by atoms with Crippen molar-refractivity contribution in [1.29, 1.82) is 0 Å². The van der Waals surface area contributed by atoms with E-state index in [1.54, 1.807) is 0 Å². The minimum absolute atomic E-state index is 0. The number of fused-ring (bicyclic) bond motifs is 1. The lowest BCUT2D eigenvalue weighted by atomic mass is 9.94. The summed E-state index contributed by atoms with van der Waals surface area (Å²) in [7, 11) is 0. The summed E-state index contributed by atoms with van der Waals surface area (Å²) in [5.74, 6) is 1.11. The lowest BCUT2D eigenvalue weighted by molar-refractivity contribution is -0.125. The summed E-state index contributed by atoms with van der Waals surface area (Å²) in [6.07, 6.45) is 0.871.